The zero-order valence-electron chi connectivity index (χ0n) is 11.5. The first-order valence-electron chi connectivity index (χ1n) is 6.01. The first-order chi connectivity index (χ1) is 9.01. The van der Waals surface area contributed by atoms with Crippen LogP contribution in [0, 0.1) is 39.0 Å². The molecule has 0 amide bonds. The molecule has 2 rings (SSSR count). The van der Waals surface area contributed by atoms with Gasteiger partial charge in [-0.3, -0.25) is 0 Å². The van der Waals surface area contributed by atoms with E-state index in [2.05, 4.69) is 22.3 Å². The molecule has 0 aliphatic carbocycles. The molecule has 0 saturated carbocycles. The van der Waals surface area contributed by atoms with Crippen LogP contribution in [0.25, 0.3) is 0 Å². The molecule has 2 aromatic rings. The Balaban J connectivity index is 2.44. The summed E-state index contributed by atoms with van der Waals surface area (Å²) in [4.78, 5) is 0. The van der Waals surface area contributed by atoms with Crippen molar-refractivity contribution in [3.8, 4) is 17.7 Å². The van der Waals surface area contributed by atoms with Gasteiger partial charge in [-0.15, -0.1) is 5.10 Å². The molecule has 1 aromatic heterocycles. The van der Waals surface area contributed by atoms with Crippen molar-refractivity contribution in [3.05, 3.63) is 46.1 Å². The second-order valence-electron chi connectivity index (χ2n) is 4.63. The van der Waals surface area contributed by atoms with Gasteiger partial charge < -0.3 is 4.74 Å². The number of nitriles is 1. The van der Waals surface area contributed by atoms with E-state index in [4.69, 9.17) is 4.74 Å². The third-order valence-corrected chi connectivity index (χ3v) is 2.94. The van der Waals surface area contributed by atoms with Crippen LogP contribution in [0.15, 0.2) is 18.2 Å². The van der Waals surface area contributed by atoms with Gasteiger partial charge in [-0.1, -0.05) is 6.07 Å². The summed E-state index contributed by atoms with van der Waals surface area (Å²) in [6.07, 6.45) is 0. The topological polar surface area (TPSA) is 58.8 Å². The third-order valence-electron chi connectivity index (χ3n) is 2.94. The molecule has 1 aromatic carbocycles. The molecule has 0 unspecified atom stereocenters. The van der Waals surface area contributed by atoms with Gasteiger partial charge in [0.25, 0.3) is 5.88 Å². The van der Waals surface area contributed by atoms with E-state index in [0.29, 0.717) is 11.3 Å². The third kappa shape index (κ3) is 2.71. The summed E-state index contributed by atoms with van der Waals surface area (Å²) >= 11 is 0. The maximum Gasteiger partial charge on any atom is 0.257 e. The van der Waals surface area contributed by atoms with E-state index in [1.807, 2.05) is 39.8 Å². The molecular weight excluding hydrogens is 238 g/mol. The number of rotatable bonds is 2. The molecule has 0 spiro atoms. The Hall–Kier alpha value is -2.41. The van der Waals surface area contributed by atoms with E-state index in [9.17, 15) is 5.26 Å². The van der Waals surface area contributed by atoms with E-state index < -0.39 is 0 Å². The Morgan fingerprint density at radius 1 is 1.00 bits per heavy atom. The standard InChI is InChI=1S/C15H15N3O/c1-9-5-10(2)7-13(6-9)19-15-14(8-16)11(3)12(4)17-18-15/h5-7H,1-4H3. The second-order valence-corrected chi connectivity index (χ2v) is 4.63. The predicted molar refractivity (Wildman–Crippen MR) is 72.2 cm³/mol. The molecule has 0 saturated heterocycles. The van der Waals surface area contributed by atoms with Gasteiger partial charge in [0.2, 0.25) is 0 Å². The van der Waals surface area contributed by atoms with Crippen molar-refractivity contribution in [2.75, 3.05) is 0 Å². The van der Waals surface area contributed by atoms with Gasteiger partial charge in [0.05, 0.1) is 5.69 Å². The molecule has 4 nitrogen and oxygen atoms in total. The van der Waals surface area contributed by atoms with Crippen LogP contribution < -0.4 is 4.74 Å². The lowest BCUT2D eigenvalue weighted by Crippen LogP contribution is -2.00. The summed E-state index contributed by atoms with van der Waals surface area (Å²) in [6, 6.07) is 8.00. The van der Waals surface area contributed by atoms with Crippen molar-refractivity contribution in [2.24, 2.45) is 0 Å². The van der Waals surface area contributed by atoms with Gasteiger partial charge in [0.1, 0.15) is 17.4 Å². The average molecular weight is 253 g/mol. The lowest BCUT2D eigenvalue weighted by molar-refractivity contribution is 0.451. The SMILES string of the molecule is Cc1cc(C)cc(Oc2nnc(C)c(C)c2C#N)c1. The van der Waals surface area contributed by atoms with Gasteiger partial charge in [-0.2, -0.15) is 10.4 Å². The van der Waals surface area contributed by atoms with Gasteiger partial charge in [0.15, 0.2) is 0 Å². The number of aromatic nitrogens is 2. The molecule has 0 bridgehead atoms. The fraction of sp³-hybridized carbons (Fsp3) is 0.267. The highest BCUT2D eigenvalue weighted by Gasteiger charge is 2.13. The fourth-order valence-corrected chi connectivity index (χ4v) is 1.89. The van der Waals surface area contributed by atoms with E-state index >= 15 is 0 Å². The molecule has 0 atom stereocenters. The van der Waals surface area contributed by atoms with Crippen molar-refractivity contribution in [2.45, 2.75) is 27.7 Å². The largest absolute Gasteiger partial charge is 0.437 e. The van der Waals surface area contributed by atoms with Crippen molar-refractivity contribution in [1.29, 1.82) is 5.26 Å². The zero-order valence-corrected chi connectivity index (χ0v) is 11.5. The molecule has 0 radical (unpaired) electrons. The van der Waals surface area contributed by atoms with Crippen LogP contribution >= 0.6 is 0 Å². The van der Waals surface area contributed by atoms with Gasteiger partial charge in [0, 0.05) is 0 Å². The highest BCUT2D eigenvalue weighted by molar-refractivity contribution is 5.47. The van der Waals surface area contributed by atoms with Crippen molar-refractivity contribution in [3.63, 3.8) is 0 Å². The van der Waals surface area contributed by atoms with Crippen LogP contribution in [0.4, 0.5) is 0 Å². The number of benzene rings is 1. The van der Waals surface area contributed by atoms with Gasteiger partial charge in [-0.25, -0.2) is 0 Å². The summed E-state index contributed by atoms with van der Waals surface area (Å²) in [5.41, 5.74) is 4.18. The van der Waals surface area contributed by atoms with E-state index in [1.165, 1.54) is 0 Å². The number of nitrogens with zero attached hydrogens (tertiary/aromatic N) is 3. The van der Waals surface area contributed by atoms with Gasteiger partial charge in [-0.05, 0) is 56.5 Å². The van der Waals surface area contributed by atoms with Gasteiger partial charge >= 0.3 is 0 Å². The minimum absolute atomic E-state index is 0.260. The predicted octanol–water partition coefficient (Wildman–Crippen LogP) is 3.37. The maximum atomic E-state index is 9.21. The van der Waals surface area contributed by atoms with E-state index in [-0.39, 0.29) is 5.88 Å². The summed E-state index contributed by atoms with van der Waals surface area (Å²) < 4.78 is 5.70. The highest BCUT2D eigenvalue weighted by atomic mass is 16.5. The lowest BCUT2D eigenvalue weighted by atomic mass is 10.1. The second kappa shape index (κ2) is 5.07. The van der Waals surface area contributed by atoms with Crippen LogP contribution in [0.3, 0.4) is 0 Å². The molecule has 1 heterocycles. The Morgan fingerprint density at radius 2 is 1.63 bits per heavy atom. The number of hydrogen-bond donors (Lipinski definition) is 0. The Morgan fingerprint density at radius 3 is 2.21 bits per heavy atom. The molecule has 0 fully saturated rings. The summed E-state index contributed by atoms with van der Waals surface area (Å²) in [7, 11) is 0. The highest BCUT2D eigenvalue weighted by Crippen LogP contribution is 2.26. The van der Waals surface area contributed by atoms with Crippen molar-refractivity contribution in [1.82, 2.24) is 10.2 Å². The molecule has 4 heteroatoms. The molecule has 96 valence electrons. The smallest absolute Gasteiger partial charge is 0.257 e. The van der Waals surface area contributed by atoms with Crippen LogP contribution in [-0.2, 0) is 0 Å². The normalized spacial score (nSPS) is 10.1. The average Bonchev–Trinajstić information content (AvgIpc) is 2.33. The number of aryl methyl sites for hydroxylation is 3. The van der Waals surface area contributed by atoms with Crippen LogP contribution in [-0.4, -0.2) is 10.2 Å². The molecular formula is C15H15N3O. The summed E-state index contributed by atoms with van der Waals surface area (Å²) in [5.74, 6) is 0.933. The molecule has 0 aliphatic heterocycles. The number of hydrogen-bond acceptors (Lipinski definition) is 4. The Labute approximate surface area is 112 Å². The van der Waals surface area contributed by atoms with Crippen LogP contribution in [0.2, 0.25) is 0 Å². The minimum atomic E-state index is 0.260. The Bertz CT molecular complexity index is 652. The minimum Gasteiger partial charge on any atom is -0.437 e. The van der Waals surface area contributed by atoms with Crippen LogP contribution in [0.1, 0.15) is 27.9 Å². The van der Waals surface area contributed by atoms with E-state index in [1.54, 1.807) is 0 Å². The summed E-state index contributed by atoms with van der Waals surface area (Å²) in [6.45, 7) is 7.66. The van der Waals surface area contributed by atoms with Crippen LogP contribution in [0.5, 0.6) is 11.6 Å². The van der Waals surface area contributed by atoms with Crippen molar-refractivity contribution < 1.29 is 4.74 Å². The molecule has 19 heavy (non-hydrogen) atoms. The molecule has 0 aliphatic rings. The zero-order chi connectivity index (χ0) is 14.0. The summed E-state index contributed by atoms with van der Waals surface area (Å²) in [5, 5.41) is 17.2. The monoisotopic (exact) mass is 253 g/mol. The Kier molecular flexibility index (Phi) is 3.48. The lowest BCUT2D eigenvalue weighted by Gasteiger charge is -2.09. The first-order valence-corrected chi connectivity index (χ1v) is 6.01. The van der Waals surface area contributed by atoms with Crippen molar-refractivity contribution >= 4 is 0 Å². The molecule has 0 N–H and O–H groups in total. The maximum absolute atomic E-state index is 9.21. The van der Waals surface area contributed by atoms with E-state index in [0.717, 1.165) is 22.4 Å². The fourth-order valence-electron chi connectivity index (χ4n) is 1.89. The number of ether oxygens (including phenoxy) is 1. The quantitative estimate of drug-likeness (QED) is 0.823. The first kappa shape index (κ1) is 13.0.